The highest BCUT2D eigenvalue weighted by Gasteiger charge is 2.39. The van der Waals surface area contributed by atoms with Crippen LogP contribution in [0, 0.1) is 11.8 Å². The summed E-state index contributed by atoms with van der Waals surface area (Å²) in [7, 11) is 0. The van der Waals surface area contributed by atoms with E-state index in [-0.39, 0.29) is 11.3 Å². The zero-order valence-electron chi connectivity index (χ0n) is 13.4. The van der Waals surface area contributed by atoms with Crippen LogP contribution < -0.4 is 0 Å². The van der Waals surface area contributed by atoms with Gasteiger partial charge in [0.05, 0.1) is 0 Å². The Morgan fingerprint density at radius 2 is 2.00 bits per heavy atom. The summed E-state index contributed by atoms with van der Waals surface area (Å²) >= 11 is 0. The molecule has 1 aliphatic carbocycles. The topological polar surface area (TPSA) is 17.1 Å². The summed E-state index contributed by atoms with van der Waals surface area (Å²) in [5.41, 5.74) is 2.69. The third-order valence-corrected chi connectivity index (χ3v) is 4.97. The van der Waals surface area contributed by atoms with E-state index in [1.807, 2.05) is 0 Å². The van der Waals surface area contributed by atoms with Crippen LogP contribution in [0.5, 0.6) is 0 Å². The molecule has 110 valence electrons. The molecule has 20 heavy (non-hydrogen) atoms. The van der Waals surface area contributed by atoms with Crippen LogP contribution in [0.15, 0.2) is 24.3 Å². The second kappa shape index (κ2) is 6.11. The predicted octanol–water partition coefficient (Wildman–Crippen LogP) is 4.92. The zero-order valence-corrected chi connectivity index (χ0v) is 13.4. The Labute approximate surface area is 123 Å². The van der Waals surface area contributed by atoms with Gasteiger partial charge in [0.2, 0.25) is 0 Å². The molecule has 0 radical (unpaired) electrons. The van der Waals surface area contributed by atoms with Gasteiger partial charge in [0.25, 0.3) is 0 Å². The molecule has 1 nitrogen and oxygen atoms in total. The van der Waals surface area contributed by atoms with E-state index in [9.17, 15) is 4.79 Å². The lowest BCUT2D eigenvalue weighted by Gasteiger charge is -2.38. The third kappa shape index (κ3) is 3.13. The molecule has 1 aliphatic rings. The van der Waals surface area contributed by atoms with Gasteiger partial charge in [-0.2, -0.15) is 0 Å². The Bertz CT molecular complexity index is 472. The molecule has 1 heteroatoms. The molecule has 0 N–H and O–H groups in total. The molecular formula is C19H28O. The lowest BCUT2D eigenvalue weighted by molar-refractivity contribution is -0.128. The molecule has 0 saturated heterocycles. The maximum Gasteiger partial charge on any atom is 0.137 e. The van der Waals surface area contributed by atoms with Crippen molar-refractivity contribution in [2.75, 3.05) is 0 Å². The minimum atomic E-state index is -0.0407. The van der Waals surface area contributed by atoms with Crippen molar-refractivity contribution < 1.29 is 4.79 Å². The molecule has 1 aromatic rings. The molecule has 1 fully saturated rings. The molecule has 0 spiro atoms. The molecule has 1 aromatic carbocycles. The van der Waals surface area contributed by atoms with Gasteiger partial charge in [-0.3, -0.25) is 4.79 Å². The van der Waals surface area contributed by atoms with E-state index < -0.39 is 0 Å². The van der Waals surface area contributed by atoms with Gasteiger partial charge < -0.3 is 0 Å². The van der Waals surface area contributed by atoms with Crippen LogP contribution in [0.1, 0.15) is 64.5 Å². The maximum atomic E-state index is 12.4. The number of hydrogen-bond donors (Lipinski definition) is 0. The molecule has 0 amide bonds. The van der Waals surface area contributed by atoms with Crippen molar-refractivity contribution in [3.05, 3.63) is 35.4 Å². The van der Waals surface area contributed by atoms with Gasteiger partial charge in [0, 0.05) is 12.3 Å². The minimum Gasteiger partial charge on any atom is -0.299 e. The highest BCUT2D eigenvalue weighted by molar-refractivity contribution is 5.83. The van der Waals surface area contributed by atoms with Gasteiger partial charge in [0.1, 0.15) is 5.78 Å². The fraction of sp³-hybridized carbons (Fsp3) is 0.632. The second-order valence-electron chi connectivity index (χ2n) is 7.08. The molecule has 2 atom stereocenters. The average Bonchev–Trinajstić information content (AvgIpc) is 2.39. The van der Waals surface area contributed by atoms with Gasteiger partial charge >= 0.3 is 0 Å². The molecular weight excluding hydrogens is 244 g/mol. The third-order valence-electron chi connectivity index (χ3n) is 4.97. The van der Waals surface area contributed by atoms with E-state index in [0.717, 1.165) is 19.3 Å². The number of carbonyl (C=O) groups excluding carboxylic acids is 1. The van der Waals surface area contributed by atoms with Crippen molar-refractivity contribution >= 4 is 5.78 Å². The van der Waals surface area contributed by atoms with Crippen molar-refractivity contribution in [1.29, 1.82) is 0 Å². The van der Waals surface area contributed by atoms with Gasteiger partial charge in [-0.15, -0.1) is 0 Å². The van der Waals surface area contributed by atoms with Crippen LogP contribution in [0.25, 0.3) is 0 Å². The highest BCUT2D eigenvalue weighted by atomic mass is 16.1. The molecule has 0 heterocycles. The summed E-state index contributed by atoms with van der Waals surface area (Å²) in [4.78, 5) is 12.4. The van der Waals surface area contributed by atoms with Gasteiger partial charge in [-0.05, 0) is 41.7 Å². The normalized spacial score (nSPS) is 23.9. The van der Waals surface area contributed by atoms with Gasteiger partial charge in [-0.25, -0.2) is 0 Å². The fourth-order valence-electron chi connectivity index (χ4n) is 3.58. The van der Waals surface area contributed by atoms with Crippen molar-refractivity contribution in [2.24, 2.45) is 11.8 Å². The maximum absolute atomic E-state index is 12.4. The van der Waals surface area contributed by atoms with Crippen LogP contribution in [-0.2, 0) is 16.6 Å². The van der Waals surface area contributed by atoms with Gasteiger partial charge in [-0.1, -0.05) is 58.4 Å². The summed E-state index contributed by atoms with van der Waals surface area (Å²) in [6, 6.07) is 8.87. The second-order valence-corrected chi connectivity index (χ2v) is 7.08. The number of aryl methyl sites for hydroxylation is 1. The first kappa shape index (κ1) is 15.3. The average molecular weight is 272 g/mol. The lowest BCUT2D eigenvalue weighted by atomic mass is 9.65. The van der Waals surface area contributed by atoms with E-state index in [4.69, 9.17) is 0 Å². The van der Waals surface area contributed by atoms with E-state index in [1.165, 1.54) is 24.0 Å². The number of ketones is 1. The van der Waals surface area contributed by atoms with E-state index in [1.54, 1.807) is 0 Å². The van der Waals surface area contributed by atoms with E-state index >= 15 is 0 Å². The van der Waals surface area contributed by atoms with E-state index in [0.29, 0.717) is 11.7 Å². The molecule has 2 unspecified atom stereocenters. The Morgan fingerprint density at radius 3 is 2.65 bits per heavy atom. The number of Topliss-reactive ketones (excluding diaryl/α,β-unsaturated/α-hetero) is 1. The van der Waals surface area contributed by atoms with Gasteiger partial charge in [0.15, 0.2) is 0 Å². The predicted molar refractivity (Wildman–Crippen MR) is 85.0 cm³/mol. The first-order valence-electron chi connectivity index (χ1n) is 8.07. The highest BCUT2D eigenvalue weighted by Crippen LogP contribution is 2.40. The summed E-state index contributed by atoms with van der Waals surface area (Å²) < 4.78 is 0. The molecule has 0 aromatic heterocycles. The summed E-state index contributed by atoms with van der Waals surface area (Å²) in [6.45, 7) is 8.90. The molecule has 0 bridgehead atoms. The Hall–Kier alpha value is -1.11. The van der Waals surface area contributed by atoms with Crippen molar-refractivity contribution in [3.63, 3.8) is 0 Å². The lowest BCUT2D eigenvalue weighted by Crippen LogP contribution is -2.38. The Balaban J connectivity index is 2.25. The van der Waals surface area contributed by atoms with Crippen molar-refractivity contribution in [1.82, 2.24) is 0 Å². The largest absolute Gasteiger partial charge is 0.299 e. The van der Waals surface area contributed by atoms with Crippen LogP contribution in [0.2, 0.25) is 0 Å². The minimum absolute atomic E-state index is 0.0407. The van der Waals surface area contributed by atoms with Crippen LogP contribution in [-0.4, -0.2) is 5.78 Å². The first-order chi connectivity index (χ1) is 9.45. The fourth-order valence-corrected chi connectivity index (χ4v) is 3.58. The quantitative estimate of drug-likeness (QED) is 0.760. The van der Waals surface area contributed by atoms with Crippen LogP contribution in [0.3, 0.4) is 0 Å². The molecule has 1 saturated carbocycles. The zero-order chi connectivity index (χ0) is 14.8. The number of rotatable bonds is 4. The van der Waals surface area contributed by atoms with Crippen molar-refractivity contribution in [3.8, 4) is 0 Å². The SMILES string of the molecule is CCCc1cccc(C(C)(C)C2CCC(C)CC2=O)c1. The number of hydrogen-bond acceptors (Lipinski definition) is 1. The smallest absolute Gasteiger partial charge is 0.137 e. The van der Waals surface area contributed by atoms with Crippen LogP contribution in [0.4, 0.5) is 0 Å². The Morgan fingerprint density at radius 1 is 1.25 bits per heavy atom. The van der Waals surface area contributed by atoms with Crippen LogP contribution >= 0.6 is 0 Å². The standard InChI is InChI=1S/C19H28O/c1-5-7-15-8-6-9-16(13-15)19(3,4)17-11-10-14(2)12-18(17)20/h6,8-9,13-14,17H,5,7,10-12H2,1-4H3. The Kier molecular flexibility index (Phi) is 4.67. The van der Waals surface area contributed by atoms with E-state index in [2.05, 4.69) is 52.0 Å². The summed E-state index contributed by atoms with van der Waals surface area (Å²) in [5.74, 6) is 1.23. The van der Waals surface area contributed by atoms with Crippen molar-refractivity contribution in [2.45, 2.75) is 65.2 Å². The molecule has 2 rings (SSSR count). The number of carbonyl (C=O) groups is 1. The summed E-state index contributed by atoms with van der Waals surface area (Å²) in [6.07, 6.45) is 5.30. The molecule has 0 aliphatic heterocycles. The monoisotopic (exact) mass is 272 g/mol. The first-order valence-corrected chi connectivity index (χ1v) is 8.07. The number of benzene rings is 1. The summed E-state index contributed by atoms with van der Waals surface area (Å²) in [5, 5.41) is 0.